The van der Waals surface area contributed by atoms with Crippen LogP contribution in [0.2, 0.25) is 0 Å². The standard InChI is InChI=1S/C23H33N3O/c1-4-19(5-2)25-20-14-22(23(27)24-6-3)26(16-20)15-18-12-9-11-17-10-7-8-13-21(17)18/h7-13,19-20,22,25H,4-6,14-16H2,1-3H3,(H,24,27)/t20-,22-/m0/s1. The summed E-state index contributed by atoms with van der Waals surface area (Å²) in [6, 6.07) is 15.8. The van der Waals surface area contributed by atoms with Crippen LogP contribution in [0.5, 0.6) is 0 Å². The molecule has 0 saturated carbocycles. The second-order valence-electron chi connectivity index (χ2n) is 7.59. The molecule has 1 heterocycles. The molecule has 2 atom stereocenters. The molecule has 0 aliphatic carbocycles. The molecule has 0 aromatic heterocycles. The summed E-state index contributed by atoms with van der Waals surface area (Å²) in [7, 11) is 0. The third-order valence-electron chi connectivity index (χ3n) is 5.77. The van der Waals surface area contributed by atoms with E-state index >= 15 is 0 Å². The van der Waals surface area contributed by atoms with Crippen LogP contribution in [0.1, 0.15) is 45.6 Å². The molecule has 1 fully saturated rings. The number of fused-ring (bicyclic) bond motifs is 1. The van der Waals surface area contributed by atoms with Crippen LogP contribution in [0.25, 0.3) is 10.8 Å². The van der Waals surface area contributed by atoms with Gasteiger partial charge in [0.25, 0.3) is 0 Å². The largest absolute Gasteiger partial charge is 0.355 e. The smallest absolute Gasteiger partial charge is 0.237 e. The molecular weight excluding hydrogens is 334 g/mol. The Bertz CT molecular complexity index is 751. The number of nitrogens with zero attached hydrogens (tertiary/aromatic N) is 1. The molecule has 2 aromatic rings. The van der Waals surface area contributed by atoms with Crippen molar-refractivity contribution in [2.75, 3.05) is 13.1 Å². The van der Waals surface area contributed by atoms with E-state index in [9.17, 15) is 4.79 Å². The fourth-order valence-electron chi connectivity index (χ4n) is 4.27. The van der Waals surface area contributed by atoms with Gasteiger partial charge in [-0.3, -0.25) is 9.69 Å². The van der Waals surface area contributed by atoms with Crippen molar-refractivity contribution in [2.45, 2.75) is 64.7 Å². The number of amides is 1. The normalized spacial score (nSPS) is 20.4. The van der Waals surface area contributed by atoms with E-state index in [1.54, 1.807) is 0 Å². The summed E-state index contributed by atoms with van der Waals surface area (Å²) >= 11 is 0. The van der Waals surface area contributed by atoms with Crippen LogP contribution in [0.3, 0.4) is 0 Å². The molecule has 1 amide bonds. The van der Waals surface area contributed by atoms with Gasteiger partial charge in [0, 0.05) is 31.7 Å². The predicted octanol–water partition coefficient (Wildman–Crippen LogP) is 3.70. The van der Waals surface area contributed by atoms with E-state index < -0.39 is 0 Å². The first-order chi connectivity index (χ1) is 13.2. The topological polar surface area (TPSA) is 44.4 Å². The van der Waals surface area contributed by atoms with Crippen LogP contribution in [-0.2, 0) is 11.3 Å². The Hall–Kier alpha value is -1.91. The van der Waals surface area contributed by atoms with Crippen molar-refractivity contribution in [1.29, 1.82) is 0 Å². The van der Waals surface area contributed by atoms with Crippen LogP contribution in [-0.4, -0.2) is 42.0 Å². The van der Waals surface area contributed by atoms with E-state index in [2.05, 4.69) is 71.8 Å². The predicted molar refractivity (Wildman–Crippen MR) is 113 cm³/mol. The lowest BCUT2D eigenvalue weighted by Gasteiger charge is -2.24. The number of likely N-dealkylation sites (tertiary alicyclic amines) is 1. The Balaban J connectivity index is 1.80. The van der Waals surface area contributed by atoms with Crippen molar-refractivity contribution in [3.8, 4) is 0 Å². The fourth-order valence-corrected chi connectivity index (χ4v) is 4.27. The fraction of sp³-hybridized carbons (Fsp3) is 0.522. The maximum atomic E-state index is 12.7. The molecule has 0 radical (unpaired) electrons. The first-order valence-electron chi connectivity index (χ1n) is 10.4. The Morgan fingerprint density at radius 1 is 1.11 bits per heavy atom. The minimum Gasteiger partial charge on any atom is -0.355 e. The lowest BCUT2D eigenvalue weighted by Crippen LogP contribution is -2.42. The molecular formula is C23H33N3O. The molecule has 1 aliphatic rings. The quantitative estimate of drug-likeness (QED) is 0.748. The molecule has 0 unspecified atom stereocenters. The van der Waals surface area contributed by atoms with Crippen molar-refractivity contribution in [3.63, 3.8) is 0 Å². The SMILES string of the molecule is CCNC(=O)[C@@H]1C[C@H](NC(CC)CC)CN1Cc1cccc2ccccc12. The highest BCUT2D eigenvalue weighted by Crippen LogP contribution is 2.25. The lowest BCUT2D eigenvalue weighted by molar-refractivity contribution is -0.125. The third-order valence-corrected chi connectivity index (χ3v) is 5.77. The summed E-state index contributed by atoms with van der Waals surface area (Å²) in [6.45, 7) is 8.85. The van der Waals surface area contributed by atoms with Crippen LogP contribution in [0, 0.1) is 0 Å². The van der Waals surface area contributed by atoms with Crippen molar-refractivity contribution >= 4 is 16.7 Å². The second kappa shape index (κ2) is 9.34. The van der Waals surface area contributed by atoms with Gasteiger partial charge < -0.3 is 10.6 Å². The maximum Gasteiger partial charge on any atom is 0.237 e. The summed E-state index contributed by atoms with van der Waals surface area (Å²) in [5, 5.41) is 9.35. The molecule has 2 N–H and O–H groups in total. The lowest BCUT2D eigenvalue weighted by atomic mass is 10.0. The number of hydrogen-bond acceptors (Lipinski definition) is 3. The molecule has 4 nitrogen and oxygen atoms in total. The number of benzene rings is 2. The van der Waals surface area contributed by atoms with Gasteiger partial charge in [-0.1, -0.05) is 56.3 Å². The Morgan fingerprint density at radius 3 is 2.59 bits per heavy atom. The van der Waals surface area contributed by atoms with E-state index in [-0.39, 0.29) is 11.9 Å². The van der Waals surface area contributed by atoms with Crippen LogP contribution < -0.4 is 10.6 Å². The molecule has 4 heteroatoms. The van der Waals surface area contributed by atoms with Crippen molar-refractivity contribution < 1.29 is 4.79 Å². The average Bonchev–Trinajstić information content (AvgIpc) is 3.09. The number of carbonyl (C=O) groups is 1. The van der Waals surface area contributed by atoms with E-state index in [1.165, 1.54) is 16.3 Å². The van der Waals surface area contributed by atoms with Crippen molar-refractivity contribution in [2.24, 2.45) is 0 Å². The van der Waals surface area contributed by atoms with E-state index in [1.807, 2.05) is 6.92 Å². The van der Waals surface area contributed by atoms with Crippen LogP contribution >= 0.6 is 0 Å². The summed E-state index contributed by atoms with van der Waals surface area (Å²) < 4.78 is 0. The Kier molecular flexibility index (Phi) is 6.86. The van der Waals surface area contributed by atoms with E-state index in [0.29, 0.717) is 18.6 Å². The number of rotatable bonds is 8. The zero-order valence-electron chi connectivity index (χ0n) is 16.9. The molecule has 0 bridgehead atoms. The van der Waals surface area contributed by atoms with Crippen LogP contribution in [0.15, 0.2) is 42.5 Å². The van der Waals surface area contributed by atoms with Gasteiger partial charge in [0.05, 0.1) is 6.04 Å². The first kappa shape index (κ1) is 19.8. The first-order valence-corrected chi connectivity index (χ1v) is 10.4. The number of nitrogens with one attached hydrogen (secondary N) is 2. The Labute approximate surface area is 163 Å². The number of hydrogen-bond donors (Lipinski definition) is 2. The third kappa shape index (κ3) is 4.69. The second-order valence-corrected chi connectivity index (χ2v) is 7.59. The van der Waals surface area contributed by atoms with E-state index in [4.69, 9.17) is 0 Å². The Morgan fingerprint density at radius 2 is 1.85 bits per heavy atom. The minimum atomic E-state index is -0.0595. The molecule has 1 aliphatic heterocycles. The maximum absolute atomic E-state index is 12.7. The summed E-state index contributed by atoms with van der Waals surface area (Å²) in [6.07, 6.45) is 3.14. The minimum absolute atomic E-state index is 0.0595. The number of carbonyl (C=O) groups excluding carboxylic acids is 1. The van der Waals surface area contributed by atoms with Gasteiger partial charge in [0.1, 0.15) is 0 Å². The van der Waals surface area contributed by atoms with Gasteiger partial charge in [0.2, 0.25) is 5.91 Å². The molecule has 27 heavy (non-hydrogen) atoms. The molecule has 3 rings (SSSR count). The summed E-state index contributed by atoms with van der Waals surface area (Å²) in [5.41, 5.74) is 1.30. The summed E-state index contributed by atoms with van der Waals surface area (Å²) in [4.78, 5) is 15.1. The summed E-state index contributed by atoms with van der Waals surface area (Å²) in [5.74, 6) is 0.159. The van der Waals surface area contributed by atoms with Gasteiger partial charge in [-0.25, -0.2) is 0 Å². The van der Waals surface area contributed by atoms with Gasteiger partial charge in [-0.05, 0) is 42.5 Å². The van der Waals surface area contributed by atoms with Gasteiger partial charge in [-0.15, -0.1) is 0 Å². The molecule has 146 valence electrons. The zero-order chi connectivity index (χ0) is 19.2. The van der Waals surface area contributed by atoms with Gasteiger partial charge in [0.15, 0.2) is 0 Å². The van der Waals surface area contributed by atoms with Gasteiger partial charge >= 0.3 is 0 Å². The monoisotopic (exact) mass is 367 g/mol. The number of likely N-dealkylation sites (N-methyl/N-ethyl adjacent to an activating group) is 1. The van der Waals surface area contributed by atoms with E-state index in [0.717, 1.165) is 32.4 Å². The molecule has 2 aromatic carbocycles. The van der Waals surface area contributed by atoms with Crippen molar-refractivity contribution in [1.82, 2.24) is 15.5 Å². The molecule has 0 spiro atoms. The molecule has 1 saturated heterocycles. The average molecular weight is 368 g/mol. The highest BCUT2D eigenvalue weighted by molar-refractivity contribution is 5.86. The zero-order valence-corrected chi connectivity index (χ0v) is 16.9. The van der Waals surface area contributed by atoms with Gasteiger partial charge in [-0.2, -0.15) is 0 Å². The van der Waals surface area contributed by atoms with Crippen molar-refractivity contribution in [3.05, 3.63) is 48.0 Å². The van der Waals surface area contributed by atoms with Crippen LogP contribution in [0.4, 0.5) is 0 Å². The highest BCUT2D eigenvalue weighted by atomic mass is 16.2. The highest BCUT2D eigenvalue weighted by Gasteiger charge is 2.37.